The number of aromatic nitrogens is 2. The second-order valence-corrected chi connectivity index (χ2v) is 4.39. The number of halogens is 1. The molecule has 0 aromatic carbocycles. The van der Waals surface area contributed by atoms with Crippen molar-refractivity contribution < 1.29 is 4.74 Å². The monoisotopic (exact) mass is 305 g/mol. The van der Waals surface area contributed by atoms with Crippen LogP contribution in [0.5, 0.6) is 5.88 Å². The average Bonchev–Trinajstić information content (AvgIpc) is 2.23. The van der Waals surface area contributed by atoms with E-state index in [1.54, 1.807) is 0 Å². The van der Waals surface area contributed by atoms with Crippen molar-refractivity contribution >= 4 is 22.6 Å². The van der Waals surface area contributed by atoms with Crippen LogP contribution in [0.4, 0.5) is 0 Å². The summed E-state index contributed by atoms with van der Waals surface area (Å²) >= 11 is 2.13. The van der Waals surface area contributed by atoms with E-state index in [9.17, 15) is 0 Å². The minimum Gasteiger partial charge on any atom is -0.472 e. The van der Waals surface area contributed by atoms with Gasteiger partial charge in [0.2, 0.25) is 5.88 Å². The Morgan fingerprint density at radius 2 is 2.36 bits per heavy atom. The molecule has 0 saturated carbocycles. The lowest BCUT2D eigenvalue weighted by Gasteiger charge is -2.22. The number of ether oxygens (including phenoxy) is 1. The zero-order chi connectivity index (χ0) is 9.80. The molecule has 2 heterocycles. The van der Waals surface area contributed by atoms with Gasteiger partial charge in [-0.2, -0.15) is 0 Å². The Morgan fingerprint density at radius 3 is 3.00 bits per heavy atom. The summed E-state index contributed by atoms with van der Waals surface area (Å²) in [6.07, 6.45) is 2.52. The second kappa shape index (κ2) is 4.88. The molecule has 1 N–H and O–H groups in total. The van der Waals surface area contributed by atoms with Gasteiger partial charge in [-0.05, 0) is 48.0 Å². The van der Waals surface area contributed by atoms with Gasteiger partial charge in [-0.15, -0.1) is 10.2 Å². The van der Waals surface area contributed by atoms with Crippen molar-refractivity contribution in [1.29, 1.82) is 0 Å². The predicted molar refractivity (Wildman–Crippen MR) is 61.3 cm³/mol. The third-order valence-corrected chi connectivity index (χ3v) is 2.72. The van der Waals surface area contributed by atoms with Crippen LogP contribution >= 0.6 is 22.6 Å². The largest absolute Gasteiger partial charge is 0.472 e. The zero-order valence-electron chi connectivity index (χ0n) is 7.74. The predicted octanol–water partition coefficient (Wildman–Crippen LogP) is 1.21. The maximum absolute atomic E-state index is 5.67. The average molecular weight is 305 g/mol. The fraction of sp³-hybridized carbons (Fsp3) is 0.556. The highest BCUT2D eigenvalue weighted by Crippen LogP contribution is 2.12. The maximum Gasteiger partial charge on any atom is 0.233 e. The smallest absolute Gasteiger partial charge is 0.233 e. The van der Waals surface area contributed by atoms with E-state index in [1.807, 2.05) is 12.1 Å². The first kappa shape index (κ1) is 10.1. The highest BCUT2D eigenvalue weighted by Gasteiger charge is 2.14. The van der Waals surface area contributed by atoms with Crippen LogP contribution in [0.3, 0.4) is 0 Å². The molecule has 0 radical (unpaired) electrons. The molecule has 0 bridgehead atoms. The molecular formula is C9H12IN3O. The van der Waals surface area contributed by atoms with Crippen LogP contribution in [0.2, 0.25) is 0 Å². The van der Waals surface area contributed by atoms with Crippen molar-refractivity contribution in [2.24, 2.45) is 0 Å². The number of nitrogens with zero attached hydrogens (tertiary/aromatic N) is 2. The third kappa shape index (κ3) is 2.78. The molecule has 76 valence electrons. The van der Waals surface area contributed by atoms with E-state index in [0.29, 0.717) is 5.88 Å². The van der Waals surface area contributed by atoms with E-state index in [-0.39, 0.29) is 6.10 Å². The second-order valence-electron chi connectivity index (χ2n) is 3.28. The van der Waals surface area contributed by atoms with Crippen LogP contribution in [0.25, 0.3) is 0 Å². The van der Waals surface area contributed by atoms with Gasteiger partial charge in [0.05, 0.1) is 0 Å². The van der Waals surface area contributed by atoms with Crippen LogP contribution in [0.1, 0.15) is 12.8 Å². The lowest BCUT2D eigenvalue weighted by molar-refractivity contribution is 0.159. The minimum atomic E-state index is 0.248. The Hall–Kier alpha value is -0.430. The standard InChI is InChI=1S/C9H12IN3O/c10-8-3-4-9(13-12-8)14-7-2-1-5-11-6-7/h3-4,7,11H,1-2,5-6H2. The van der Waals surface area contributed by atoms with Crippen LogP contribution < -0.4 is 10.1 Å². The van der Waals surface area contributed by atoms with Crippen molar-refractivity contribution in [3.05, 3.63) is 15.8 Å². The first-order valence-corrected chi connectivity index (χ1v) is 5.79. The van der Waals surface area contributed by atoms with Gasteiger partial charge < -0.3 is 10.1 Å². The molecule has 4 nitrogen and oxygen atoms in total. The fourth-order valence-corrected chi connectivity index (χ4v) is 1.75. The number of hydrogen-bond acceptors (Lipinski definition) is 4. The Kier molecular flexibility index (Phi) is 3.52. The molecule has 5 heteroatoms. The van der Waals surface area contributed by atoms with Gasteiger partial charge in [0.1, 0.15) is 9.80 Å². The van der Waals surface area contributed by atoms with Gasteiger partial charge in [0, 0.05) is 12.6 Å². The highest BCUT2D eigenvalue weighted by molar-refractivity contribution is 14.1. The summed E-state index contributed by atoms with van der Waals surface area (Å²) in [6.45, 7) is 2.01. The number of nitrogens with one attached hydrogen (secondary N) is 1. The van der Waals surface area contributed by atoms with E-state index < -0.39 is 0 Å². The molecule has 0 amide bonds. The first-order valence-electron chi connectivity index (χ1n) is 4.71. The summed E-state index contributed by atoms with van der Waals surface area (Å²) in [5.74, 6) is 0.624. The third-order valence-electron chi connectivity index (χ3n) is 2.15. The number of rotatable bonds is 2. The van der Waals surface area contributed by atoms with E-state index in [4.69, 9.17) is 4.74 Å². The Balaban J connectivity index is 1.92. The van der Waals surface area contributed by atoms with Crippen LogP contribution in [-0.2, 0) is 0 Å². The lowest BCUT2D eigenvalue weighted by Crippen LogP contribution is -2.37. The molecule has 1 unspecified atom stereocenters. The van der Waals surface area contributed by atoms with E-state index in [2.05, 4.69) is 38.1 Å². The molecular weight excluding hydrogens is 293 g/mol. The van der Waals surface area contributed by atoms with Crippen molar-refractivity contribution in [2.75, 3.05) is 13.1 Å². The van der Waals surface area contributed by atoms with Crippen LogP contribution in [0.15, 0.2) is 12.1 Å². The molecule has 1 aliphatic rings. The van der Waals surface area contributed by atoms with E-state index >= 15 is 0 Å². The van der Waals surface area contributed by atoms with Gasteiger partial charge >= 0.3 is 0 Å². The van der Waals surface area contributed by atoms with E-state index in [1.165, 1.54) is 6.42 Å². The summed E-state index contributed by atoms with van der Waals surface area (Å²) < 4.78 is 6.56. The fourth-order valence-electron chi connectivity index (χ4n) is 1.46. The molecule has 0 spiro atoms. The summed E-state index contributed by atoms with van der Waals surface area (Å²) in [4.78, 5) is 0. The van der Waals surface area contributed by atoms with Gasteiger partial charge in [-0.3, -0.25) is 0 Å². The van der Waals surface area contributed by atoms with Crippen LogP contribution in [-0.4, -0.2) is 29.4 Å². The van der Waals surface area contributed by atoms with Gasteiger partial charge in [-0.25, -0.2) is 0 Å². The summed E-state index contributed by atoms with van der Waals surface area (Å²) in [7, 11) is 0. The Morgan fingerprint density at radius 1 is 1.43 bits per heavy atom. The molecule has 14 heavy (non-hydrogen) atoms. The normalized spacial score (nSPS) is 21.9. The molecule has 2 rings (SSSR count). The van der Waals surface area contributed by atoms with Crippen LogP contribution in [0, 0.1) is 3.70 Å². The summed E-state index contributed by atoms with van der Waals surface area (Å²) in [6, 6.07) is 3.77. The SMILES string of the molecule is Ic1ccc(OC2CCCNC2)nn1. The van der Waals surface area contributed by atoms with Crippen molar-refractivity contribution in [3.8, 4) is 5.88 Å². The Labute approximate surface area is 96.6 Å². The van der Waals surface area contributed by atoms with Crippen molar-refractivity contribution in [1.82, 2.24) is 15.5 Å². The van der Waals surface area contributed by atoms with Gasteiger partial charge in [0.25, 0.3) is 0 Å². The number of piperidine rings is 1. The topological polar surface area (TPSA) is 47.0 Å². The van der Waals surface area contributed by atoms with Gasteiger partial charge in [-0.1, -0.05) is 0 Å². The lowest BCUT2D eigenvalue weighted by atomic mass is 10.1. The molecule has 1 fully saturated rings. The molecule has 1 aromatic rings. The highest BCUT2D eigenvalue weighted by atomic mass is 127. The molecule has 1 atom stereocenters. The van der Waals surface area contributed by atoms with Crippen molar-refractivity contribution in [3.63, 3.8) is 0 Å². The molecule has 1 aliphatic heterocycles. The summed E-state index contributed by atoms with van der Waals surface area (Å²) in [5.41, 5.74) is 0. The number of hydrogen-bond donors (Lipinski definition) is 1. The minimum absolute atomic E-state index is 0.248. The van der Waals surface area contributed by atoms with E-state index in [0.717, 1.165) is 23.2 Å². The maximum atomic E-state index is 5.67. The summed E-state index contributed by atoms with van der Waals surface area (Å²) in [5, 5.41) is 11.2. The first-order chi connectivity index (χ1) is 6.84. The van der Waals surface area contributed by atoms with Gasteiger partial charge in [0.15, 0.2) is 0 Å². The zero-order valence-corrected chi connectivity index (χ0v) is 9.90. The van der Waals surface area contributed by atoms with Crippen molar-refractivity contribution in [2.45, 2.75) is 18.9 Å². The molecule has 0 aliphatic carbocycles. The quantitative estimate of drug-likeness (QED) is 0.835. The molecule has 1 saturated heterocycles. The Bertz CT molecular complexity index is 285. The molecule has 1 aromatic heterocycles.